The predicted molar refractivity (Wildman–Crippen MR) is 301 cm³/mol. The number of ether oxygens (including phenoxy) is 3. The van der Waals surface area contributed by atoms with E-state index in [0.717, 1.165) is 48.3 Å². The molecule has 19 heteroatoms. The number of nitrogens with zero attached hydrogens (tertiary/aromatic N) is 2. The van der Waals surface area contributed by atoms with Crippen LogP contribution in [0.5, 0.6) is 0 Å². The van der Waals surface area contributed by atoms with Gasteiger partial charge in [-0.3, -0.25) is 19.3 Å². The molecule has 0 saturated carbocycles. The average Bonchev–Trinajstić information content (AvgIpc) is 3.67. The van der Waals surface area contributed by atoms with E-state index < -0.39 is 58.4 Å². The number of amides is 4. The van der Waals surface area contributed by atoms with Crippen LogP contribution in [0.3, 0.4) is 0 Å². The molecule has 0 bridgehead atoms. The molecule has 4 aliphatic rings. The molecule has 1 unspecified atom stereocenters. The van der Waals surface area contributed by atoms with E-state index in [1.165, 1.54) is 0 Å². The zero-order valence-electron chi connectivity index (χ0n) is 44.7. The monoisotopic (exact) mass is 1080 g/mol. The van der Waals surface area contributed by atoms with Gasteiger partial charge in [-0.25, -0.2) is 4.79 Å². The second-order valence-corrected chi connectivity index (χ2v) is 25.5. The molecule has 9 atom stereocenters. The van der Waals surface area contributed by atoms with Gasteiger partial charge in [0.05, 0.1) is 57.6 Å². The lowest BCUT2D eigenvalue weighted by Gasteiger charge is -2.38. The molecule has 4 aliphatic heterocycles. The Labute approximate surface area is 454 Å². The Morgan fingerprint density at radius 3 is 1.90 bits per heavy atom. The van der Waals surface area contributed by atoms with Crippen LogP contribution in [0.1, 0.15) is 130 Å². The lowest BCUT2D eigenvalue weighted by Crippen LogP contribution is -2.61. The fourth-order valence-electron chi connectivity index (χ4n) is 10.00. The van der Waals surface area contributed by atoms with Crippen LogP contribution in [0.2, 0.25) is 0 Å². The first-order valence-corrected chi connectivity index (χ1v) is 28.9. The molecule has 2 aromatic rings. The normalized spacial score (nSPS) is 25.8. The third-order valence-electron chi connectivity index (χ3n) is 14.9. The van der Waals surface area contributed by atoms with E-state index >= 15 is 0 Å². The molecule has 0 spiro atoms. The van der Waals surface area contributed by atoms with E-state index in [-0.39, 0.29) is 41.1 Å². The van der Waals surface area contributed by atoms with Crippen molar-refractivity contribution >= 4 is 81.8 Å². The van der Waals surface area contributed by atoms with Gasteiger partial charge >= 0.3 is 6.09 Å². The molecule has 0 aromatic heterocycles. The molecule has 15 nitrogen and oxygen atoms in total. The number of rotatable bonds is 23. The highest BCUT2D eigenvalue weighted by molar-refractivity contribution is 8.00. The quantitative estimate of drug-likeness (QED) is 0.0474. The summed E-state index contributed by atoms with van der Waals surface area (Å²) in [4.78, 5) is 61.8. The lowest BCUT2D eigenvalue weighted by molar-refractivity contribution is -0.148. The zero-order chi connectivity index (χ0) is 53.1. The Balaban J connectivity index is 0.973. The number of unbranched alkanes of at least 4 members (excludes halogenated alkanes) is 3. The van der Waals surface area contributed by atoms with Crippen LogP contribution in [0.4, 0.5) is 4.79 Å². The first-order chi connectivity index (χ1) is 34.6. The largest absolute Gasteiger partial charge is 0.425 e. The van der Waals surface area contributed by atoms with Gasteiger partial charge in [0.2, 0.25) is 11.8 Å². The number of hydrogen-bond acceptors (Lipinski definition) is 13. The predicted octanol–water partition coefficient (Wildman–Crippen LogP) is 7.61. The van der Waals surface area contributed by atoms with E-state index in [1.54, 1.807) is 28.4 Å². The molecule has 404 valence electrons. The van der Waals surface area contributed by atoms with Crippen molar-refractivity contribution in [2.45, 2.75) is 165 Å². The van der Waals surface area contributed by atoms with E-state index in [2.05, 4.69) is 45.7 Å². The molecule has 6 N–H and O–H groups in total. The van der Waals surface area contributed by atoms with Gasteiger partial charge in [0.15, 0.2) is 6.23 Å². The SMILES string of the molecule is CN[C@@H](C)C(=S)N[C@]1(C)CCS[C@H]2CC(C)(C)C(OC(=O)N[C@H](COCCCCCCOC[C@@H](NC(=O)[C@H]3N4C(=O)[C@@H](NC(=S)C(C)(C)NC)CCS[C@H]4CC3(C)C)c3ccccc3)c3ccccc3)N2C1=O. The average molecular weight is 1080 g/mol. The number of likely N-dealkylation sites (N-methyl/N-ethyl adjacent to an activating group) is 2. The van der Waals surface area contributed by atoms with Crippen molar-refractivity contribution in [3.63, 3.8) is 0 Å². The maximum Gasteiger partial charge on any atom is 0.409 e. The van der Waals surface area contributed by atoms with Gasteiger partial charge in [0.1, 0.15) is 17.6 Å². The molecule has 0 radical (unpaired) electrons. The Morgan fingerprint density at radius 1 is 0.781 bits per heavy atom. The van der Waals surface area contributed by atoms with Crippen molar-refractivity contribution in [3.8, 4) is 0 Å². The van der Waals surface area contributed by atoms with Crippen molar-refractivity contribution in [1.82, 2.24) is 41.7 Å². The van der Waals surface area contributed by atoms with Gasteiger partial charge in [-0.1, -0.05) is 126 Å². The molecule has 6 rings (SSSR count). The first kappa shape index (κ1) is 58.7. The molecule has 73 heavy (non-hydrogen) atoms. The highest BCUT2D eigenvalue weighted by Gasteiger charge is 2.57. The van der Waals surface area contributed by atoms with Gasteiger partial charge in [-0.05, 0) is 108 Å². The summed E-state index contributed by atoms with van der Waals surface area (Å²) < 4.78 is 18.7. The van der Waals surface area contributed by atoms with Crippen LogP contribution in [0, 0.1) is 10.8 Å². The molecule has 4 heterocycles. The lowest BCUT2D eigenvalue weighted by atomic mass is 9.83. The highest BCUT2D eigenvalue weighted by Crippen LogP contribution is 2.49. The number of carbonyl (C=O) groups is 4. The number of thioether (sulfide) groups is 2. The Morgan fingerprint density at radius 2 is 1.33 bits per heavy atom. The number of fused-ring (bicyclic) bond motifs is 2. The number of thiocarbonyl (C=S) groups is 2. The van der Waals surface area contributed by atoms with Crippen LogP contribution >= 0.6 is 48.0 Å². The van der Waals surface area contributed by atoms with Crippen molar-refractivity contribution < 1.29 is 33.4 Å². The molecule has 4 saturated heterocycles. The molecular formula is C54H82N8O7S4. The summed E-state index contributed by atoms with van der Waals surface area (Å²) in [6.45, 7) is 17.6. The summed E-state index contributed by atoms with van der Waals surface area (Å²) in [5, 5.41) is 19.2. The van der Waals surface area contributed by atoms with E-state index in [0.29, 0.717) is 55.5 Å². The maximum atomic E-state index is 14.5. The van der Waals surface area contributed by atoms with Crippen molar-refractivity contribution in [2.24, 2.45) is 10.8 Å². The third-order valence-corrected chi connectivity index (χ3v) is 18.5. The number of alkyl carbamates (subject to hydrolysis) is 1. The van der Waals surface area contributed by atoms with Crippen LogP contribution in [0.25, 0.3) is 0 Å². The number of nitrogens with one attached hydrogen (secondary N) is 6. The van der Waals surface area contributed by atoms with Gasteiger partial charge in [0, 0.05) is 18.6 Å². The maximum absolute atomic E-state index is 14.5. The molecule has 4 amide bonds. The summed E-state index contributed by atoms with van der Waals surface area (Å²) in [5.41, 5.74) is -0.546. The van der Waals surface area contributed by atoms with Gasteiger partial charge in [0.25, 0.3) is 5.91 Å². The Hall–Kier alpha value is -3.56. The summed E-state index contributed by atoms with van der Waals surface area (Å²) in [5.74, 6) is 1.14. The standard InChI is InChI=1S/C54H82N8O7S4/c1-35(55-9)45(70)60-54(8)26-30-73-42-32-52(4,5)49(62(42)48(54)65)69-50(66)59-40(37-23-17-14-18-24-37)34-68-28-20-12-11-19-27-67-33-39(36-21-15-13-16-22-36)57-44(63)43-51(2,3)31-41-61(43)46(64)38(25-29-72-41)58-47(71)53(6,7)56-10/h13-18,21-24,35,38-43,49,55-56H,11-12,19-20,25-34H2,1-10H3,(H,57,63)(H,58,71)(H,59,66)(H,60,70)/t35-,38-,39+,40+,41-,42-,43+,49?,54+/m0/s1. The number of carbonyl (C=O) groups excluding carboxylic acids is 4. The Bertz CT molecular complexity index is 2210. The summed E-state index contributed by atoms with van der Waals surface area (Å²) in [6, 6.07) is 17.4. The number of hydrogen-bond donors (Lipinski definition) is 6. The van der Waals surface area contributed by atoms with Crippen LogP contribution in [-0.4, -0.2) is 142 Å². The summed E-state index contributed by atoms with van der Waals surface area (Å²) in [7, 11) is 3.68. The van der Waals surface area contributed by atoms with E-state index in [9.17, 15) is 19.2 Å². The fourth-order valence-corrected chi connectivity index (χ4v) is 13.9. The Kier molecular flexibility index (Phi) is 20.9. The van der Waals surface area contributed by atoms with Gasteiger partial charge in [-0.2, -0.15) is 0 Å². The zero-order valence-corrected chi connectivity index (χ0v) is 47.9. The van der Waals surface area contributed by atoms with Gasteiger partial charge in [-0.15, -0.1) is 23.5 Å². The summed E-state index contributed by atoms with van der Waals surface area (Å²) >= 11 is 14.8. The summed E-state index contributed by atoms with van der Waals surface area (Å²) in [6.07, 6.45) is 4.73. The van der Waals surface area contributed by atoms with E-state index in [4.69, 9.17) is 38.6 Å². The minimum absolute atomic E-state index is 0.0900. The van der Waals surface area contributed by atoms with Crippen LogP contribution in [-0.2, 0) is 28.6 Å². The molecule has 0 aliphatic carbocycles. The van der Waals surface area contributed by atoms with Crippen LogP contribution < -0.4 is 31.9 Å². The van der Waals surface area contributed by atoms with Gasteiger partial charge < -0.3 is 51.0 Å². The fraction of sp³-hybridized carbons (Fsp3) is 0.667. The molecule has 4 fully saturated rings. The second-order valence-electron chi connectivity index (χ2n) is 22.1. The molecular weight excluding hydrogens is 1000 g/mol. The molecule has 2 aromatic carbocycles. The topological polar surface area (TPSA) is 175 Å². The second kappa shape index (κ2) is 26.0. The van der Waals surface area contributed by atoms with Crippen molar-refractivity contribution in [1.29, 1.82) is 0 Å². The van der Waals surface area contributed by atoms with Crippen molar-refractivity contribution in [2.75, 3.05) is 52.0 Å². The smallest absolute Gasteiger partial charge is 0.409 e. The van der Waals surface area contributed by atoms with Crippen LogP contribution in [0.15, 0.2) is 60.7 Å². The van der Waals surface area contributed by atoms with E-state index in [1.807, 2.05) is 121 Å². The van der Waals surface area contributed by atoms with Crippen molar-refractivity contribution in [3.05, 3.63) is 71.8 Å². The third kappa shape index (κ3) is 14.9. The number of benzene rings is 2. The first-order valence-electron chi connectivity index (χ1n) is 26.0. The minimum Gasteiger partial charge on any atom is -0.425 e. The minimum atomic E-state index is -0.946. The highest BCUT2D eigenvalue weighted by atomic mass is 32.2.